The van der Waals surface area contributed by atoms with Crippen molar-refractivity contribution in [3.05, 3.63) is 71.0 Å². The number of hydrogen-bond donors (Lipinski definition) is 2. The highest BCUT2D eigenvalue weighted by molar-refractivity contribution is 7.98. The summed E-state index contributed by atoms with van der Waals surface area (Å²) in [6, 6.07) is 12.9. The normalized spacial score (nSPS) is 13.4. The van der Waals surface area contributed by atoms with E-state index < -0.39 is 0 Å². The molecule has 3 aromatic rings. The van der Waals surface area contributed by atoms with Crippen molar-refractivity contribution in [2.24, 2.45) is 0 Å². The van der Waals surface area contributed by atoms with E-state index in [0.29, 0.717) is 16.8 Å². The highest BCUT2D eigenvalue weighted by Gasteiger charge is 2.22. The lowest BCUT2D eigenvalue weighted by Gasteiger charge is -2.18. The van der Waals surface area contributed by atoms with Crippen LogP contribution < -0.4 is 5.32 Å². The average molecular weight is 422 g/mol. The van der Waals surface area contributed by atoms with Crippen LogP contribution in [0.1, 0.15) is 44.7 Å². The Labute approximate surface area is 179 Å². The molecule has 2 heterocycles. The molecule has 0 aliphatic carbocycles. The predicted octanol–water partition coefficient (Wildman–Crippen LogP) is 3.89. The van der Waals surface area contributed by atoms with Crippen molar-refractivity contribution in [2.75, 3.05) is 18.4 Å². The van der Waals surface area contributed by atoms with Crippen molar-refractivity contribution in [1.29, 1.82) is 0 Å². The van der Waals surface area contributed by atoms with Crippen LogP contribution in [0, 0.1) is 6.92 Å². The topological polar surface area (TPSA) is 91.0 Å². The number of aromatic amines is 1. The van der Waals surface area contributed by atoms with E-state index in [-0.39, 0.29) is 11.8 Å². The number of likely N-dealkylation sites (tertiary alicyclic amines) is 1. The monoisotopic (exact) mass is 421 g/mol. The van der Waals surface area contributed by atoms with Gasteiger partial charge in [-0.1, -0.05) is 30.0 Å². The standard InChI is InChI=1S/C22H23N5O2S/c1-15-18(21(29)27-11-2-3-12-27)5-4-6-19(15)25-20(28)17-9-7-16(8-10-17)13-30-22-23-14-24-26-22/h4-10,14H,2-3,11-13H2,1H3,(H,25,28)(H,23,24,26). The number of aromatic nitrogens is 3. The number of hydrogen-bond acceptors (Lipinski definition) is 5. The minimum absolute atomic E-state index is 0.0368. The fraction of sp³-hybridized carbons (Fsp3) is 0.273. The first-order valence-corrected chi connectivity index (χ1v) is 10.9. The number of rotatable bonds is 6. The summed E-state index contributed by atoms with van der Waals surface area (Å²) >= 11 is 1.55. The predicted molar refractivity (Wildman–Crippen MR) is 117 cm³/mol. The maximum Gasteiger partial charge on any atom is 0.255 e. The summed E-state index contributed by atoms with van der Waals surface area (Å²) in [6.07, 6.45) is 3.58. The smallest absolute Gasteiger partial charge is 0.255 e. The van der Waals surface area contributed by atoms with Gasteiger partial charge in [0.15, 0.2) is 5.16 Å². The van der Waals surface area contributed by atoms with Gasteiger partial charge in [-0.25, -0.2) is 4.98 Å². The van der Waals surface area contributed by atoms with Crippen LogP contribution in [0.15, 0.2) is 53.9 Å². The van der Waals surface area contributed by atoms with Crippen LogP contribution in [-0.4, -0.2) is 45.0 Å². The largest absolute Gasteiger partial charge is 0.339 e. The van der Waals surface area contributed by atoms with Crippen molar-refractivity contribution in [3.8, 4) is 0 Å². The summed E-state index contributed by atoms with van der Waals surface area (Å²) in [7, 11) is 0. The molecule has 0 unspecified atom stereocenters. The van der Waals surface area contributed by atoms with Crippen LogP contribution in [-0.2, 0) is 5.75 Å². The fourth-order valence-electron chi connectivity index (χ4n) is 3.46. The molecule has 1 saturated heterocycles. The first-order valence-electron chi connectivity index (χ1n) is 9.89. The van der Waals surface area contributed by atoms with Crippen LogP contribution >= 0.6 is 11.8 Å². The van der Waals surface area contributed by atoms with Crippen LogP contribution in [0.5, 0.6) is 0 Å². The van der Waals surface area contributed by atoms with Crippen molar-refractivity contribution >= 4 is 29.3 Å². The van der Waals surface area contributed by atoms with E-state index in [2.05, 4.69) is 20.5 Å². The molecule has 1 aliphatic rings. The molecule has 2 N–H and O–H groups in total. The highest BCUT2D eigenvalue weighted by Crippen LogP contribution is 2.23. The Morgan fingerprint density at radius 1 is 1.13 bits per heavy atom. The van der Waals surface area contributed by atoms with E-state index in [1.807, 2.05) is 42.2 Å². The van der Waals surface area contributed by atoms with Gasteiger partial charge in [0, 0.05) is 35.7 Å². The molecule has 7 nitrogen and oxygen atoms in total. The molecule has 0 bridgehead atoms. The third-order valence-electron chi connectivity index (χ3n) is 5.19. The number of benzene rings is 2. The number of nitrogens with one attached hydrogen (secondary N) is 2. The lowest BCUT2D eigenvalue weighted by molar-refractivity contribution is 0.0791. The number of amides is 2. The van der Waals surface area contributed by atoms with Gasteiger partial charge in [0.05, 0.1) is 0 Å². The van der Waals surface area contributed by atoms with Crippen LogP contribution in [0.3, 0.4) is 0 Å². The number of H-pyrrole nitrogens is 1. The van der Waals surface area contributed by atoms with Gasteiger partial charge in [-0.2, -0.15) is 5.10 Å². The van der Waals surface area contributed by atoms with Gasteiger partial charge < -0.3 is 10.2 Å². The third-order valence-corrected chi connectivity index (χ3v) is 6.14. The van der Waals surface area contributed by atoms with E-state index in [1.165, 1.54) is 6.33 Å². The average Bonchev–Trinajstić information content (AvgIpc) is 3.48. The minimum Gasteiger partial charge on any atom is -0.339 e. The second-order valence-electron chi connectivity index (χ2n) is 7.21. The lowest BCUT2D eigenvalue weighted by atomic mass is 10.0. The van der Waals surface area contributed by atoms with E-state index in [9.17, 15) is 9.59 Å². The van der Waals surface area contributed by atoms with E-state index >= 15 is 0 Å². The maximum absolute atomic E-state index is 12.8. The Kier molecular flexibility index (Phi) is 6.13. The highest BCUT2D eigenvalue weighted by atomic mass is 32.2. The molecule has 0 radical (unpaired) electrons. The summed E-state index contributed by atoms with van der Waals surface area (Å²) in [4.78, 5) is 31.4. The number of carbonyl (C=O) groups is 2. The first kappa shape index (κ1) is 20.2. The summed E-state index contributed by atoms with van der Waals surface area (Å²) in [5.74, 6) is 0.574. The summed E-state index contributed by atoms with van der Waals surface area (Å²) in [5.41, 5.74) is 3.76. The van der Waals surface area contributed by atoms with E-state index in [4.69, 9.17) is 0 Å². The van der Waals surface area contributed by atoms with Gasteiger partial charge in [0.2, 0.25) is 0 Å². The van der Waals surface area contributed by atoms with Gasteiger partial charge >= 0.3 is 0 Å². The van der Waals surface area contributed by atoms with Gasteiger partial charge in [-0.15, -0.1) is 0 Å². The van der Waals surface area contributed by atoms with E-state index in [1.54, 1.807) is 23.9 Å². The number of nitrogens with zero attached hydrogens (tertiary/aromatic N) is 3. The summed E-state index contributed by atoms with van der Waals surface area (Å²) < 4.78 is 0. The van der Waals surface area contributed by atoms with E-state index in [0.717, 1.165) is 48.0 Å². The van der Waals surface area contributed by atoms with Gasteiger partial charge in [-0.3, -0.25) is 14.7 Å². The quantitative estimate of drug-likeness (QED) is 0.589. The van der Waals surface area contributed by atoms with Gasteiger partial charge in [-0.05, 0) is 55.2 Å². The first-order chi connectivity index (χ1) is 14.6. The Balaban J connectivity index is 1.42. The molecule has 1 aromatic heterocycles. The van der Waals surface area contributed by atoms with Crippen LogP contribution in [0.2, 0.25) is 0 Å². The molecule has 4 rings (SSSR count). The summed E-state index contributed by atoms with van der Waals surface area (Å²) in [5, 5.41) is 10.3. The Bertz CT molecular complexity index is 1030. The zero-order valence-corrected chi connectivity index (χ0v) is 17.5. The molecule has 8 heteroatoms. The molecule has 0 atom stereocenters. The Morgan fingerprint density at radius 2 is 1.90 bits per heavy atom. The van der Waals surface area contributed by atoms with Crippen LogP contribution in [0.4, 0.5) is 5.69 Å². The zero-order chi connectivity index (χ0) is 20.9. The number of anilines is 1. The molecule has 154 valence electrons. The van der Waals surface area contributed by atoms with Crippen LogP contribution in [0.25, 0.3) is 0 Å². The number of thioether (sulfide) groups is 1. The van der Waals surface area contributed by atoms with Crippen molar-refractivity contribution in [1.82, 2.24) is 20.1 Å². The second-order valence-corrected chi connectivity index (χ2v) is 8.17. The Hall–Kier alpha value is -3.13. The Morgan fingerprint density at radius 3 is 2.60 bits per heavy atom. The molecule has 30 heavy (non-hydrogen) atoms. The van der Waals surface area contributed by atoms with Crippen molar-refractivity contribution in [2.45, 2.75) is 30.7 Å². The zero-order valence-electron chi connectivity index (χ0n) is 16.7. The lowest BCUT2D eigenvalue weighted by Crippen LogP contribution is -2.28. The molecule has 2 aromatic carbocycles. The molecule has 0 saturated carbocycles. The molecule has 2 amide bonds. The second kappa shape index (κ2) is 9.13. The number of carbonyl (C=O) groups excluding carboxylic acids is 2. The summed E-state index contributed by atoms with van der Waals surface area (Å²) in [6.45, 7) is 3.48. The molecular weight excluding hydrogens is 398 g/mol. The fourth-order valence-corrected chi connectivity index (χ4v) is 4.19. The molecule has 1 aliphatic heterocycles. The van der Waals surface area contributed by atoms with Gasteiger partial charge in [0.25, 0.3) is 11.8 Å². The third kappa shape index (κ3) is 4.54. The molecule has 1 fully saturated rings. The SMILES string of the molecule is Cc1c(NC(=O)c2ccc(CSc3ncn[nH]3)cc2)cccc1C(=O)N1CCCC1. The minimum atomic E-state index is -0.196. The van der Waals surface area contributed by atoms with Gasteiger partial charge in [0.1, 0.15) is 6.33 Å². The van der Waals surface area contributed by atoms with Crippen molar-refractivity contribution < 1.29 is 9.59 Å². The maximum atomic E-state index is 12.8. The van der Waals surface area contributed by atoms with Crippen molar-refractivity contribution in [3.63, 3.8) is 0 Å². The molecular formula is C22H23N5O2S. The molecule has 0 spiro atoms.